The molecule has 17 nitrogen and oxygen atoms in total. The van der Waals surface area contributed by atoms with Crippen molar-refractivity contribution in [2.75, 3.05) is 39.6 Å². The van der Waals surface area contributed by atoms with Gasteiger partial charge in [-0.3, -0.25) is 37.3 Å². The number of esters is 4. The number of hydrogen-bond acceptors (Lipinski definition) is 15. The van der Waals surface area contributed by atoms with Crippen LogP contribution in [0.15, 0.2) is 24.3 Å². The summed E-state index contributed by atoms with van der Waals surface area (Å²) in [6.45, 7) is 7.02. The molecule has 0 spiro atoms. The largest absolute Gasteiger partial charge is 0.472 e. The first-order valence-electron chi connectivity index (χ1n) is 33.5. The summed E-state index contributed by atoms with van der Waals surface area (Å²) < 4.78 is 67.9. The van der Waals surface area contributed by atoms with Gasteiger partial charge >= 0.3 is 39.5 Å². The van der Waals surface area contributed by atoms with E-state index >= 15 is 0 Å². The molecule has 494 valence electrons. The Bertz CT molecular complexity index is 1730. The van der Waals surface area contributed by atoms with E-state index in [2.05, 4.69) is 58.9 Å². The van der Waals surface area contributed by atoms with Crippen molar-refractivity contribution in [3.05, 3.63) is 24.3 Å². The van der Waals surface area contributed by atoms with Gasteiger partial charge in [-0.15, -0.1) is 0 Å². The van der Waals surface area contributed by atoms with E-state index in [0.717, 1.165) is 103 Å². The van der Waals surface area contributed by atoms with E-state index in [0.29, 0.717) is 31.6 Å². The van der Waals surface area contributed by atoms with Gasteiger partial charge in [-0.25, -0.2) is 9.13 Å². The molecule has 0 heterocycles. The molecule has 0 saturated heterocycles. The summed E-state index contributed by atoms with van der Waals surface area (Å²) in [5.74, 6) is -1.50. The lowest BCUT2D eigenvalue weighted by Crippen LogP contribution is -2.30. The van der Waals surface area contributed by atoms with Gasteiger partial charge in [-0.2, -0.15) is 0 Å². The van der Waals surface area contributed by atoms with Gasteiger partial charge in [0.15, 0.2) is 12.2 Å². The quantitative estimate of drug-likeness (QED) is 0.0169. The minimum atomic E-state index is -4.95. The van der Waals surface area contributed by atoms with E-state index in [-0.39, 0.29) is 25.7 Å². The van der Waals surface area contributed by atoms with Crippen LogP contribution in [0.1, 0.15) is 304 Å². The number of hydrogen-bond donors (Lipinski definition) is 3. The second-order valence-corrected chi connectivity index (χ2v) is 26.2. The highest BCUT2D eigenvalue weighted by Gasteiger charge is 2.30. The molecular formula is C65H122O17P2. The zero-order valence-corrected chi connectivity index (χ0v) is 55.3. The predicted molar refractivity (Wildman–Crippen MR) is 335 cm³/mol. The van der Waals surface area contributed by atoms with Crippen LogP contribution in [0.3, 0.4) is 0 Å². The average Bonchev–Trinajstić information content (AvgIpc) is 3.46. The molecule has 0 rings (SSSR count). The number of aliphatic hydroxyl groups excluding tert-OH is 1. The molecule has 0 bridgehead atoms. The van der Waals surface area contributed by atoms with Gasteiger partial charge in [0.2, 0.25) is 0 Å². The van der Waals surface area contributed by atoms with Gasteiger partial charge in [0.25, 0.3) is 0 Å². The number of ether oxygens (including phenoxy) is 4. The molecule has 84 heavy (non-hydrogen) atoms. The number of aliphatic hydroxyl groups is 1. The number of phosphoric ester groups is 2. The zero-order valence-electron chi connectivity index (χ0n) is 53.5. The molecule has 0 aromatic heterocycles. The molecule has 0 aliphatic carbocycles. The average molecular weight is 1240 g/mol. The first-order chi connectivity index (χ1) is 40.5. The number of carbonyl (C=O) groups excluding carboxylic acids is 4. The van der Waals surface area contributed by atoms with Crippen LogP contribution in [0.5, 0.6) is 0 Å². The first kappa shape index (κ1) is 81.5. The molecule has 0 amide bonds. The summed E-state index contributed by atoms with van der Waals surface area (Å²) in [4.78, 5) is 72.1. The van der Waals surface area contributed by atoms with Gasteiger partial charge < -0.3 is 33.8 Å². The molecule has 0 aliphatic rings. The van der Waals surface area contributed by atoms with Crippen LogP contribution in [0.2, 0.25) is 0 Å². The molecule has 19 heteroatoms. The summed E-state index contributed by atoms with van der Waals surface area (Å²) in [6, 6.07) is 0. The molecule has 0 fully saturated rings. The normalized spacial score (nSPS) is 14.4. The molecule has 0 radical (unpaired) electrons. The standard InChI is InChI=1S/C65H122O17P2/c1-6-9-12-15-18-21-23-24-25-26-28-31-34-40-45-50-64(69)81-60(54-76-63(68)49-44-39-33-30-27-22-19-16-13-10-7-2)56-79-83(71,72)77-52-59(66)53-78-84(73,74)80-57-61(82-65(70)51-46-41-36-35-37-42-47-58(4)5)55-75-62(67)48-43-38-32-29-20-17-14-11-8-3/h21,23-25,58-61,66H,6-20,22,26-57H2,1-5H3,(H,71,72)(H,73,74)/b23-21-,25-24-/t59-,60-,61-/m1/s1. The van der Waals surface area contributed by atoms with E-state index in [1.807, 2.05) is 0 Å². The van der Waals surface area contributed by atoms with Crippen LogP contribution < -0.4 is 0 Å². The Kier molecular flexibility index (Phi) is 56.5. The Morgan fingerprint density at radius 1 is 0.369 bits per heavy atom. The number of phosphoric acid groups is 2. The fourth-order valence-electron chi connectivity index (χ4n) is 9.22. The van der Waals surface area contributed by atoms with Crippen LogP contribution in [-0.4, -0.2) is 96.7 Å². The summed E-state index contributed by atoms with van der Waals surface area (Å²) in [6.07, 6.45) is 45.4. The maximum absolute atomic E-state index is 13.0. The second kappa shape index (κ2) is 58.2. The van der Waals surface area contributed by atoms with E-state index < -0.39 is 97.5 Å². The molecular weight excluding hydrogens is 1110 g/mol. The van der Waals surface area contributed by atoms with E-state index in [1.165, 1.54) is 116 Å². The molecule has 5 atom stereocenters. The minimum absolute atomic E-state index is 0.0850. The highest BCUT2D eigenvalue weighted by atomic mass is 31.2. The van der Waals surface area contributed by atoms with E-state index in [4.69, 9.17) is 37.0 Å². The molecule has 0 aliphatic heterocycles. The topological polar surface area (TPSA) is 237 Å². The Hall–Kier alpha value is -2.46. The van der Waals surface area contributed by atoms with E-state index in [1.54, 1.807) is 0 Å². The van der Waals surface area contributed by atoms with Gasteiger partial charge in [0.05, 0.1) is 26.4 Å². The van der Waals surface area contributed by atoms with Crippen molar-refractivity contribution in [2.45, 2.75) is 323 Å². The van der Waals surface area contributed by atoms with Crippen molar-refractivity contribution in [3.8, 4) is 0 Å². The summed E-state index contributed by atoms with van der Waals surface area (Å²) >= 11 is 0. The molecule has 2 unspecified atom stereocenters. The zero-order chi connectivity index (χ0) is 62.0. The number of unbranched alkanes of at least 4 members (excludes halogenated alkanes) is 32. The Balaban J connectivity index is 5.26. The summed E-state index contributed by atoms with van der Waals surface area (Å²) in [7, 11) is -9.90. The fourth-order valence-corrected chi connectivity index (χ4v) is 10.8. The van der Waals surface area contributed by atoms with Crippen LogP contribution in [0.25, 0.3) is 0 Å². The monoisotopic (exact) mass is 1240 g/mol. The van der Waals surface area contributed by atoms with Crippen molar-refractivity contribution in [1.29, 1.82) is 0 Å². The van der Waals surface area contributed by atoms with Gasteiger partial charge in [0.1, 0.15) is 19.3 Å². The Morgan fingerprint density at radius 2 is 0.643 bits per heavy atom. The highest BCUT2D eigenvalue weighted by Crippen LogP contribution is 2.45. The predicted octanol–water partition coefficient (Wildman–Crippen LogP) is 17.7. The smallest absolute Gasteiger partial charge is 0.462 e. The highest BCUT2D eigenvalue weighted by molar-refractivity contribution is 7.47. The summed E-state index contributed by atoms with van der Waals surface area (Å²) in [5, 5.41) is 10.5. The Morgan fingerprint density at radius 3 is 0.976 bits per heavy atom. The summed E-state index contributed by atoms with van der Waals surface area (Å²) in [5.41, 5.74) is 0. The van der Waals surface area contributed by atoms with E-state index in [9.17, 15) is 43.2 Å². The SMILES string of the molecule is CCCCCC/C=C\C=C/CCCCCCCC(=O)O[C@H](COC(=O)CCCCCCCCCCCCC)COP(=O)(O)OC[C@@H](O)COP(=O)(O)OC[C@@H](COC(=O)CCCCCCCCCCC)OC(=O)CCCCCCCCC(C)C. The maximum atomic E-state index is 13.0. The third-order valence-electron chi connectivity index (χ3n) is 14.4. The molecule has 0 aromatic rings. The molecule has 3 N–H and O–H groups in total. The number of rotatable bonds is 63. The Labute approximate surface area is 510 Å². The van der Waals surface area contributed by atoms with Crippen molar-refractivity contribution in [1.82, 2.24) is 0 Å². The molecule has 0 aromatic carbocycles. The molecule has 0 saturated carbocycles. The third-order valence-corrected chi connectivity index (χ3v) is 16.3. The van der Waals surface area contributed by atoms with Crippen molar-refractivity contribution < 1.29 is 80.2 Å². The van der Waals surface area contributed by atoms with Gasteiger partial charge in [0, 0.05) is 25.7 Å². The lowest BCUT2D eigenvalue weighted by atomic mass is 10.0. The fraction of sp³-hybridized carbons (Fsp3) is 0.877. The van der Waals surface area contributed by atoms with Crippen molar-refractivity contribution in [2.24, 2.45) is 5.92 Å². The van der Waals surface area contributed by atoms with Gasteiger partial charge in [-0.1, -0.05) is 252 Å². The number of carbonyl (C=O) groups is 4. The van der Waals surface area contributed by atoms with Crippen molar-refractivity contribution >= 4 is 39.5 Å². The van der Waals surface area contributed by atoms with Crippen LogP contribution in [0, 0.1) is 5.92 Å². The van der Waals surface area contributed by atoms with Crippen molar-refractivity contribution in [3.63, 3.8) is 0 Å². The first-order valence-corrected chi connectivity index (χ1v) is 36.4. The van der Waals surface area contributed by atoms with Crippen LogP contribution in [-0.2, 0) is 65.4 Å². The lowest BCUT2D eigenvalue weighted by Gasteiger charge is -2.21. The number of allylic oxidation sites excluding steroid dienone is 4. The van der Waals surface area contributed by atoms with Crippen LogP contribution >= 0.6 is 15.6 Å². The maximum Gasteiger partial charge on any atom is 0.472 e. The second-order valence-electron chi connectivity index (χ2n) is 23.3. The van der Waals surface area contributed by atoms with Crippen LogP contribution in [0.4, 0.5) is 0 Å². The third kappa shape index (κ3) is 58.6. The van der Waals surface area contributed by atoms with Gasteiger partial charge in [-0.05, 0) is 57.3 Å². The lowest BCUT2D eigenvalue weighted by molar-refractivity contribution is -0.161. The minimum Gasteiger partial charge on any atom is -0.462 e.